The van der Waals surface area contributed by atoms with Gasteiger partial charge < -0.3 is 83.6 Å². The van der Waals surface area contributed by atoms with Crippen LogP contribution in [0.15, 0.2) is 218 Å². The van der Waals surface area contributed by atoms with Crippen LogP contribution in [0.3, 0.4) is 0 Å². The fourth-order valence-corrected chi connectivity index (χ4v) is 20.8. The maximum Gasteiger partial charge on any atom is 6.00 e. The molecule has 0 atom stereocenters. The third kappa shape index (κ3) is 37.0. The first-order valence-electron chi connectivity index (χ1n) is 39.7. The molecule has 12 rings (SSSR count). The Morgan fingerprint density at radius 3 is 0.260 bits per heavy atom. The summed E-state index contributed by atoms with van der Waals surface area (Å²) < 4.78 is 65.1. The zero-order valence-electron chi connectivity index (χ0n) is 75.7. The Kier molecular flexibility index (Phi) is 41.1. The van der Waals surface area contributed by atoms with Crippen molar-refractivity contribution in [2.45, 2.75) is 166 Å². The molecule has 0 fully saturated rings. The topological polar surface area (TPSA) is 249 Å². The molecule has 0 radical (unpaired) electrons. The van der Waals surface area contributed by atoms with Crippen molar-refractivity contribution < 1.29 is 105 Å². The third-order valence-electron chi connectivity index (χ3n) is 18.5. The fraction of sp³-hybridized carbons (Fsp3) is 0.250. The number of rotatable bonds is 24. The molecule has 0 aromatic heterocycles. The van der Waals surface area contributed by atoms with Crippen LogP contribution in [0.4, 0.5) is 0 Å². The zero-order valence-corrected chi connectivity index (χ0v) is 87.9. The smallest absolute Gasteiger partial charge is 0.760 e. The molecule has 0 heterocycles. The van der Waals surface area contributed by atoms with Gasteiger partial charge in [-0.25, -0.2) is 0 Å². The zero-order chi connectivity index (χ0) is 93.7. The van der Waals surface area contributed by atoms with Crippen LogP contribution in [-0.4, -0.2) is 0 Å². The van der Waals surface area contributed by atoms with Crippen LogP contribution in [-0.2, 0) is 91.9 Å². The molecule has 0 unspecified atom stereocenters. The average Bonchev–Trinajstić information content (AvgIpc) is 0.847. The minimum atomic E-state index is -3.64. The molecule has 0 aliphatic rings. The summed E-state index contributed by atoms with van der Waals surface area (Å²) in [7, 11) is 0. The van der Waals surface area contributed by atoms with E-state index >= 15 is 0 Å². The molecule has 31 heteroatoms. The Morgan fingerprint density at radius 1 is 0.142 bits per heavy atom. The summed E-state index contributed by atoms with van der Waals surface area (Å²) in [5.74, 6) is 5.87. The maximum atomic E-state index is 12.4. The van der Waals surface area contributed by atoms with E-state index in [9.17, 15) is 29.4 Å². The van der Waals surface area contributed by atoms with E-state index in [0.717, 1.165) is 134 Å². The molecular formula is C96H108MoO18P6S6. The van der Waals surface area contributed by atoms with Crippen molar-refractivity contribution in [3.05, 3.63) is 352 Å². The van der Waals surface area contributed by atoms with Gasteiger partial charge in [0, 0.05) is 0 Å². The first-order chi connectivity index (χ1) is 58.6. The van der Waals surface area contributed by atoms with Gasteiger partial charge in [-0.3, -0.25) is 0 Å². The maximum absolute atomic E-state index is 12.4. The van der Waals surface area contributed by atoms with Crippen molar-refractivity contribution in [2.24, 2.45) is 0 Å². The third-order valence-corrected chi connectivity index (χ3v) is 26.2. The fourth-order valence-electron chi connectivity index (χ4n) is 12.4. The first kappa shape index (κ1) is 108. The average molecular weight is 2020 g/mol. The van der Waals surface area contributed by atoms with Crippen LogP contribution in [0.25, 0.3) is 0 Å². The molecule has 0 saturated heterocycles. The van der Waals surface area contributed by atoms with Gasteiger partial charge in [-0.1, -0.05) is 212 Å². The van der Waals surface area contributed by atoms with Crippen LogP contribution in [0.2, 0.25) is 0 Å². The van der Waals surface area contributed by atoms with Gasteiger partial charge in [-0.05, 0) is 377 Å². The molecule has 0 saturated carbocycles. The Balaban J connectivity index is 0.000000235. The Bertz CT molecular complexity index is 4890. The van der Waals surface area contributed by atoms with E-state index in [4.69, 9.17) is 125 Å². The van der Waals surface area contributed by atoms with Crippen LogP contribution in [0, 0.1) is 166 Å². The van der Waals surface area contributed by atoms with Gasteiger partial charge in [-0.2, -0.15) is 0 Å². The van der Waals surface area contributed by atoms with Crippen molar-refractivity contribution in [1.29, 1.82) is 0 Å². The number of benzene rings is 12. The van der Waals surface area contributed by atoms with Crippen LogP contribution in [0.5, 0.6) is 69.0 Å². The van der Waals surface area contributed by atoms with Crippen LogP contribution >= 0.6 is 40.3 Å². The summed E-state index contributed by atoms with van der Waals surface area (Å²) in [6.45, 7) is 24.6. The molecule has 0 spiro atoms. The molecule has 127 heavy (non-hydrogen) atoms. The van der Waals surface area contributed by atoms with Gasteiger partial charge in [0.1, 0.15) is 69.0 Å². The van der Waals surface area contributed by atoms with Crippen molar-refractivity contribution in [3.8, 4) is 69.0 Å². The second kappa shape index (κ2) is 48.1. The van der Waals surface area contributed by atoms with Gasteiger partial charge in [0.25, 0.3) is 0 Å². The van der Waals surface area contributed by atoms with E-state index in [1.807, 2.05) is 312 Å². The van der Waals surface area contributed by atoms with E-state index in [-0.39, 0.29) is 21.1 Å². The summed E-state index contributed by atoms with van der Waals surface area (Å²) in [4.78, 5) is 74.4. The van der Waals surface area contributed by atoms with E-state index in [1.54, 1.807) is 72.8 Å². The summed E-state index contributed by atoms with van der Waals surface area (Å²) in [6, 6.07) is 67.1. The second-order valence-corrected chi connectivity index (χ2v) is 46.6. The summed E-state index contributed by atoms with van der Waals surface area (Å²) in [5, 5.41) is 0. The molecule has 0 amide bonds. The van der Waals surface area contributed by atoms with Gasteiger partial charge in [-0.15, -0.1) is 0 Å². The predicted molar refractivity (Wildman–Crippen MR) is 524 cm³/mol. The van der Waals surface area contributed by atoms with Gasteiger partial charge in [0.15, 0.2) is 0 Å². The SMILES string of the molecule is Cc1ccc(OP([O-])(=S)Oc2ccc(C)cc2C)c(C)c1.Cc1ccc(OP([O-])(=S)Oc2ccc(C)cc2C)c(C)c1.Cc1ccc(OP([O-])(=S)Oc2ccc(C)cc2C)c(C)c1.Cc1ccc(OP([O-])(=S)Oc2ccc(C)cc2C)c(C)c1.Cc1ccc(OP([O-])(=S)Oc2ccc(C)cc2C)c(C)c1.Cc1ccc(OP([O-])(=S)Oc2ccc(C)cc2C)c(C)c1.[Mo+6]. The standard InChI is InChI=1S/6C16H19O3PS.Mo/c6*1-11-5-7-15(13(3)9-11)18-20(17,21)19-16-8-6-12(2)10-14(16)4;/h6*5-10H,1-4H3,(H,17,21);/q;;;;;;+6/p-6. The van der Waals surface area contributed by atoms with Crippen LogP contribution < -0.4 is 83.6 Å². The summed E-state index contributed by atoms with van der Waals surface area (Å²) >= 11 is 30.0. The summed E-state index contributed by atoms with van der Waals surface area (Å²) in [5.41, 5.74) is 23.8. The number of aryl methyl sites for hydroxylation is 24. The second-order valence-electron chi connectivity index (χ2n) is 31.0. The molecule has 0 N–H and O–H groups in total. The normalized spacial score (nSPS) is 11.2. The molecular weight excluding hydrogens is 1920 g/mol. The van der Waals surface area contributed by atoms with Crippen molar-refractivity contribution in [1.82, 2.24) is 0 Å². The van der Waals surface area contributed by atoms with Crippen LogP contribution in [0.1, 0.15) is 134 Å². The molecule has 12 aromatic carbocycles. The molecule has 672 valence electrons. The Hall–Kier alpha value is -7.41. The molecule has 0 bridgehead atoms. The van der Waals surface area contributed by atoms with Crippen molar-refractivity contribution in [2.75, 3.05) is 0 Å². The Labute approximate surface area is 796 Å². The quantitative estimate of drug-likeness (QED) is 0.0403. The largest absolute Gasteiger partial charge is 6.00 e. The van der Waals surface area contributed by atoms with Gasteiger partial charge in [0.05, 0.1) is 0 Å². The Morgan fingerprint density at radius 2 is 0.205 bits per heavy atom. The van der Waals surface area contributed by atoms with Crippen molar-refractivity contribution >= 4 is 111 Å². The monoisotopic (exact) mass is 2020 g/mol. The minimum Gasteiger partial charge on any atom is -0.760 e. The van der Waals surface area contributed by atoms with E-state index in [2.05, 4.69) is 0 Å². The van der Waals surface area contributed by atoms with Gasteiger partial charge in [0.2, 0.25) is 40.3 Å². The van der Waals surface area contributed by atoms with E-state index < -0.39 is 40.3 Å². The van der Waals surface area contributed by atoms with Crippen molar-refractivity contribution in [3.63, 3.8) is 0 Å². The molecule has 0 aliphatic heterocycles. The number of hydrogen-bond acceptors (Lipinski definition) is 24. The molecule has 12 aromatic rings. The predicted octanol–water partition coefficient (Wildman–Crippen LogP) is 23.8. The van der Waals surface area contributed by atoms with Gasteiger partial charge >= 0.3 is 21.1 Å². The number of hydrogen-bond donors (Lipinski definition) is 0. The first-order valence-corrected chi connectivity index (χ1v) is 55.0. The summed E-state index contributed by atoms with van der Waals surface area (Å²) in [6.07, 6.45) is 0. The molecule has 18 nitrogen and oxygen atoms in total. The van der Waals surface area contributed by atoms with E-state index in [1.165, 1.54) is 0 Å². The minimum absolute atomic E-state index is 0. The molecule has 0 aliphatic carbocycles. The van der Waals surface area contributed by atoms with E-state index in [0.29, 0.717) is 69.0 Å².